The Labute approximate surface area is 172 Å². The predicted molar refractivity (Wildman–Crippen MR) is 110 cm³/mol. The Hall–Kier alpha value is -3.91. The fourth-order valence-electron chi connectivity index (χ4n) is 2.17. The Morgan fingerprint density at radius 3 is 2.14 bits per heavy atom. The number of carbonyl (C=O) groups is 1. The number of halogens is 1. The maximum atomic E-state index is 11.9. The van der Waals surface area contributed by atoms with Crippen LogP contribution >= 0.6 is 11.6 Å². The summed E-state index contributed by atoms with van der Waals surface area (Å²) in [5, 5.41) is 30.6. The van der Waals surface area contributed by atoms with E-state index in [4.69, 9.17) is 22.2 Å². The lowest BCUT2D eigenvalue weighted by atomic mass is 10.0. The Kier molecular flexibility index (Phi) is 8.15. The number of hydrogen-bond acceptors (Lipinski definition) is 4. The summed E-state index contributed by atoms with van der Waals surface area (Å²) >= 11 is 5.82. The molecule has 0 atom stereocenters. The summed E-state index contributed by atoms with van der Waals surface area (Å²) in [5.41, 5.74) is 3.97. The molecular formula is C20H18ClN5O3. The molecule has 148 valence electrons. The summed E-state index contributed by atoms with van der Waals surface area (Å²) < 4.78 is 0. The molecule has 0 saturated heterocycles. The number of rotatable bonds is 4. The third kappa shape index (κ3) is 7.69. The first-order valence-electron chi connectivity index (χ1n) is 8.34. The van der Waals surface area contributed by atoms with Gasteiger partial charge in [-0.1, -0.05) is 72.3 Å². The van der Waals surface area contributed by atoms with Crippen molar-refractivity contribution in [3.63, 3.8) is 0 Å². The number of nitrogens with zero attached hydrogens (tertiary/aromatic N) is 2. The van der Waals surface area contributed by atoms with Crippen LogP contribution in [0.5, 0.6) is 0 Å². The second-order valence-electron chi connectivity index (χ2n) is 5.54. The topological polar surface area (TPSA) is 124 Å². The molecule has 29 heavy (non-hydrogen) atoms. The lowest BCUT2D eigenvalue weighted by Gasteiger charge is -2.01. The lowest BCUT2D eigenvalue weighted by molar-refractivity contribution is -0.779. The zero-order chi connectivity index (χ0) is 21.1. The normalized spacial score (nSPS) is 10.3. The largest absolute Gasteiger partial charge is 0.472 e. The molecule has 0 spiro atoms. The third-order valence-corrected chi connectivity index (χ3v) is 3.65. The van der Waals surface area contributed by atoms with Crippen LogP contribution in [0.3, 0.4) is 0 Å². The minimum Gasteiger partial charge on any atom is -0.472 e. The molecule has 3 rings (SSSR count). The number of benzene rings is 3. The van der Waals surface area contributed by atoms with Gasteiger partial charge in [0.2, 0.25) is 0 Å². The Morgan fingerprint density at radius 2 is 1.55 bits per heavy atom. The van der Waals surface area contributed by atoms with Gasteiger partial charge in [-0.3, -0.25) is 4.79 Å². The van der Waals surface area contributed by atoms with Crippen molar-refractivity contribution in [2.45, 2.75) is 0 Å². The van der Waals surface area contributed by atoms with Crippen molar-refractivity contribution in [2.24, 2.45) is 5.22 Å². The van der Waals surface area contributed by atoms with Gasteiger partial charge >= 0.3 is 5.96 Å². The van der Waals surface area contributed by atoms with E-state index < -0.39 is 5.02 Å². The van der Waals surface area contributed by atoms with Gasteiger partial charge in [0.1, 0.15) is 5.22 Å². The highest BCUT2D eigenvalue weighted by atomic mass is 35.5. The number of anilines is 1. The van der Waals surface area contributed by atoms with Crippen molar-refractivity contribution in [1.29, 1.82) is 5.41 Å². The fourth-order valence-corrected chi connectivity index (χ4v) is 2.36. The van der Waals surface area contributed by atoms with Gasteiger partial charge in [-0.15, -0.1) is 5.43 Å². The smallest absolute Gasteiger partial charge is 0.309 e. The van der Waals surface area contributed by atoms with Crippen LogP contribution in [0.15, 0.2) is 90.2 Å². The monoisotopic (exact) mass is 411 g/mol. The van der Waals surface area contributed by atoms with Crippen LogP contribution in [0.2, 0.25) is 5.02 Å². The first-order chi connectivity index (χ1) is 14.0. The zero-order valence-corrected chi connectivity index (χ0v) is 15.9. The van der Waals surface area contributed by atoms with Gasteiger partial charge in [-0.05, 0) is 24.3 Å². The van der Waals surface area contributed by atoms with Gasteiger partial charge in [-0.25, -0.2) is 5.41 Å². The standard InChI is InChI=1S/C13H9ClO.C7H9N5O2/c14-12-8-4-7-11(9-12)13(15)10-5-2-1-3-6-10;8-7(10-11-12(13)14)9-6-4-2-1-3-5-6/h1-9H;1-5H,(H3,8,9,10)(H,11,13,14). The molecule has 9 heteroatoms. The maximum absolute atomic E-state index is 11.9. The molecule has 0 aliphatic carbocycles. The number of guanidine groups is 1. The molecule has 0 bridgehead atoms. The minimum atomic E-state index is -0.665. The summed E-state index contributed by atoms with van der Waals surface area (Å²) in [5.74, 6) is -0.218. The Balaban J connectivity index is 0.000000208. The summed E-state index contributed by atoms with van der Waals surface area (Å²) in [6, 6.07) is 25.0. The average molecular weight is 412 g/mol. The maximum Gasteiger partial charge on any atom is 0.309 e. The van der Waals surface area contributed by atoms with Crippen LogP contribution in [-0.4, -0.2) is 22.0 Å². The molecule has 0 saturated carbocycles. The van der Waals surface area contributed by atoms with Crippen LogP contribution in [-0.2, 0) is 0 Å². The van der Waals surface area contributed by atoms with Gasteiger partial charge < -0.3 is 15.7 Å². The Morgan fingerprint density at radius 1 is 0.966 bits per heavy atom. The van der Waals surface area contributed by atoms with E-state index in [0.717, 1.165) is 0 Å². The second-order valence-corrected chi connectivity index (χ2v) is 5.97. The zero-order valence-electron chi connectivity index (χ0n) is 15.1. The van der Waals surface area contributed by atoms with Crippen LogP contribution in [0, 0.1) is 10.6 Å². The number of nitrogens with one attached hydrogen (secondary N) is 3. The molecule has 0 amide bonds. The first-order valence-corrected chi connectivity index (χ1v) is 8.72. The molecule has 0 radical (unpaired) electrons. The lowest BCUT2D eigenvalue weighted by Crippen LogP contribution is -2.26. The Bertz CT molecular complexity index is 978. The number of hydrogen-bond donors (Lipinski definition) is 4. The van der Waals surface area contributed by atoms with Gasteiger partial charge in [0, 0.05) is 21.8 Å². The summed E-state index contributed by atoms with van der Waals surface area (Å²) in [6.45, 7) is 0. The third-order valence-electron chi connectivity index (χ3n) is 3.41. The van der Waals surface area contributed by atoms with E-state index >= 15 is 0 Å². The van der Waals surface area contributed by atoms with Crippen molar-refractivity contribution in [2.75, 3.05) is 5.32 Å². The average Bonchev–Trinajstić information content (AvgIpc) is 2.73. The second kappa shape index (κ2) is 11.1. The van der Waals surface area contributed by atoms with Gasteiger partial charge in [0.15, 0.2) is 5.78 Å². The van der Waals surface area contributed by atoms with E-state index in [-0.39, 0.29) is 11.7 Å². The summed E-state index contributed by atoms with van der Waals surface area (Å²) in [4.78, 5) is 11.9. The minimum absolute atomic E-state index is 0.00176. The molecule has 0 unspecified atom stereocenters. The molecule has 0 fully saturated rings. The van der Waals surface area contributed by atoms with Crippen LogP contribution < -0.4 is 10.7 Å². The fraction of sp³-hybridized carbons (Fsp3) is 0. The van der Waals surface area contributed by atoms with Gasteiger partial charge in [0.05, 0.1) is 5.02 Å². The van der Waals surface area contributed by atoms with E-state index in [0.29, 0.717) is 21.8 Å². The van der Waals surface area contributed by atoms with E-state index in [1.165, 1.54) is 0 Å². The van der Waals surface area contributed by atoms with Crippen molar-refractivity contribution in [3.8, 4) is 0 Å². The van der Waals surface area contributed by atoms with Crippen molar-refractivity contribution < 1.29 is 15.0 Å². The highest BCUT2D eigenvalue weighted by Gasteiger charge is 2.07. The van der Waals surface area contributed by atoms with Crippen molar-refractivity contribution in [1.82, 2.24) is 5.43 Å². The summed E-state index contributed by atoms with van der Waals surface area (Å²) in [6.07, 6.45) is 0. The number of para-hydroxylation sites is 1. The summed E-state index contributed by atoms with van der Waals surface area (Å²) in [7, 11) is 0. The van der Waals surface area contributed by atoms with E-state index in [1.807, 2.05) is 29.7 Å². The molecule has 8 nitrogen and oxygen atoms in total. The molecule has 4 N–H and O–H groups in total. The number of carbonyl (C=O) groups excluding carboxylic acids is 1. The van der Waals surface area contributed by atoms with Crippen LogP contribution in [0.4, 0.5) is 5.69 Å². The van der Waals surface area contributed by atoms with Crippen molar-refractivity contribution >= 4 is 29.0 Å². The van der Waals surface area contributed by atoms with Gasteiger partial charge in [-0.2, -0.15) is 0 Å². The molecule has 0 aromatic heterocycles. The number of ketones is 1. The molecule has 0 heterocycles. The predicted octanol–water partition coefficient (Wildman–Crippen LogP) is 4.46. The van der Waals surface area contributed by atoms with E-state index in [2.05, 4.69) is 10.5 Å². The first kappa shape index (κ1) is 21.4. The molecule has 0 aliphatic rings. The van der Waals surface area contributed by atoms with Crippen LogP contribution in [0.25, 0.3) is 0 Å². The highest BCUT2D eigenvalue weighted by molar-refractivity contribution is 6.31. The quantitative estimate of drug-likeness (QED) is 0.166. The van der Waals surface area contributed by atoms with Crippen LogP contribution in [0.1, 0.15) is 15.9 Å². The SMILES string of the molecule is N=C(NN=[N+]([O-])O)Nc1ccccc1.O=C(c1ccccc1)c1cccc(Cl)c1. The molecule has 3 aromatic carbocycles. The highest BCUT2D eigenvalue weighted by Crippen LogP contribution is 2.14. The van der Waals surface area contributed by atoms with E-state index in [1.54, 1.807) is 60.7 Å². The molecular weight excluding hydrogens is 394 g/mol. The molecule has 0 aliphatic heterocycles. The van der Waals surface area contributed by atoms with E-state index in [9.17, 15) is 10.0 Å². The van der Waals surface area contributed by atoms with Crippen molar-refractivity contribution in [3.05, 3.63) is 106 Å². The molecule has 3 aromatic rings. The van der Waals surface area contributed by atoms with Gasteiger partial charge in [0.25, 0.3) is 0 Å².